The summed E-state index contributed by atoms with van der Waals surface area (Å²) in [5.41, 5.74) is 1.40. The minimum Gasteiger partial charge on any atom is -0.454 e. The molecule has 0 bridgehead atoms. The number of benzene rings is 1. The first-order valence-corrected chi connectivity index (χ1v) is 9.87. The molecule has 4 rings (SSSR count). The second kappa shape index (κ2) is 8.07. The van der Waals surface area contributed by atoms with Crippen molar-refractivity contribution in [3.05, 3.63) is 41.7 Å². The average molecular weight is 418 g/mol. The van der Waals surface area contributed by atoms with E-state index in [9.17, 15) is 4.79 Å². The molecule has 8 nitrogen and oxygen atoms in total. The van der Waals surface area contributed by atoms with Crippen LogP contribution in [-0.4, -0.2) is 38.2 Å². The number of aromatic nitrogens is 4. The van der Waals surface area contributed by atoms with Crippen molar-refractivity contribution in [1.29, 1.82) is 0 Å². The molecule has 1 aliphatic rings. The second-order valence-electron chi connectivity index (χ2n) is 5.81. The van der Waals surface area contributed by atoms with Gasteiger partial charge in [-0.05, 0) is 19.1 Å². The van der Waals surface area contributed by atoms with Gasteiger partial charge in [-0.25, -0.2) is 0 Å². The molecule has 0 spiro atoms. The van der Waals surface area contributed by atoms with Gasteiger partial charge in [0.1, 0.15) is 0 Å². The van der Waals surface area contributed by atoms with Crippen LogP contribution in [0.4, 0.5) is 5.69 Å². The first-order valence-electron chi connectivity index (χ1n) is 8.51. The van der Waals surface area contributed by atoms with Crippen LogP contribution in [0.2, 0.25) is 5.02 Å². The van der Waals surface area contributed by atoms with Gasteiger partial charge in [0.05, 0.1) is 16.5 Å². The highest BCUT2D eigenvalue weighted by Crippen LogP contribution is 2.39. The van der Waals surface area contributed by atoms with Gasteiger partial charge >= 0.3 is 0 Å². The Kier molecular flexibility index (Phi) is 5.36. The smallest absolute Gasteiger partial charge is 0.234 e. The number of rotatable bonds is 6. The fourth-order valence-corrected chi connectivity index (χ4v) is 3.73. The van der Waals surface area contributed by atoms with Gasteiger partial charge < -0.3 is 19.4 Å². The molecule has 0 aliphatic carbocycles. The molecule has 2 aromatic heterocycles. The van der Waals surface area contributed by atoms with Crippen LogP contribution in [0, 0.1) is 0 Å². The standard InChI is InChI=1S/C18H16ClN5O3S/c1-2-24-17(11-3-5-20-6-4-11)22-23-18(24)28-9-16(25)21-13-8-15-14(7-12(13)19)26-10-27-15/h3-8H,2,9-10H2,1H3,(H,21,25). The number of ether oxygens (including phenoxy) is 2. The Hall–Kier alpha value is -2.78. The summed E-state index contributed by atoms with van der Waals surface area (Å²) in [7, 11) is 0. The number of hydrogen-bond acceptors (Lipinski definition) is 7. The van der Waals surface area contributed by atoms with Crippen LogP contribution in [0.5, 0.6) is 11.5 Å². The van der Waals surface area contributed by atoms with E-state index in [1.807, 2.05) is 23.6 Å². The van der Waals surface area contributed by atoms with E-state index in [1.54, 1.807) is 24.5 Å². The van der Waals surface area contributed by atoms with Gasteiger partial charge in [0.15, 0.2) is 22.5 Å². The van der Waals surface area contributed by atoms with Gasteiger partial charge in [-0.15, -0.1) is 10.2 Å². The number of halogens is 1. The number of amides is 1. The van der Waals surface area contributed by atoms with E-state index in [4.69, 9.17) is 21.1 Å². The summed E-state index contributed by atoms with van der Waals surface area (Å²) in [5.74, 6) is 1.82. The predicted molar refractivity (Wildman–Crippen MR) is 106 cm³/mol. The van der Waals surface area contributed by atoms with E-state index < -0.39 is 0 Å². The minimum absolute atomic E-state index is 0.144. The molecular weight excluding hydrogens is 402 g/mol. The number of anilines is 1. The second-order valence-corrected chi connectivity index (χ2v) is 7.16. The van der Waals surface area contributed by atoms with E-state index in [-0.39, 0.29) is 18.5 Å². The van der Waals surface area contributed by atoms with Crippen molar-refractivity contribution >= 4 is 35.0 Å². The molecule has 1 aliphatic heterocycles. The number of nitrogens with zero attached hydrogens (tertiary/aromatic N) is 4. The molecule has 0 radical (unpaired) electrons. The zero-order valence-corrected chi connectivity index (χ0v) is 16.5. The number of carbonyl (C=O) groups excluding carboxylic acids is 1. The van der Waals surface area contributed by atoms with E-state index in [0.717, 1.165) is 11.4 Å². The highest BCUT2D eigenvalue weighted by Gasteiger charge is 2.19. The molecule has 0 saturated heterocycles. The van der Waals surface area contributed by atoms with Crippen LogP contribution in [-0.2, 0) is 11.3 Å². The highest BCUT2D eigenvalue weighted by molar-refractivity contribution is 7.99. The van der Waals surface area contributed by atoms with E-state index in [2.05, 4.69) is 20.5 Å². The molecule has 0 unspecified atom stereocenters. The lowest BCUT2D eigenvalue weighted by Crippen LogP contribution is -2.15. The molecule has 10 heteroatoms. The van der Waals surface area contributed by atoms with Gasteiger partial charge in [0.2, 0.25) is 12.7 Å². The van der Waals surface area contributed by atoms with Gasteiger partial charge in [-0.3, -0.25) is 9.78 Å². The molecule has 144 valence electrons. The Balaban J connectivity index is 1.44. The zero-order valence-electron chi connectivity index (χ0n) is 14.9. The van der Waals surface area contributed by atoms with Crippen LogP contribution < -0.4 is 14.8 Å². The van der Waals surface area contributed by atoms with Crippen LogP contribution >= 0.6 is 23.4 Å². The molecule has 1 amide bonds. The fourth-order valence-electron chi connectivity index (χ4n) is 2.72. The Morgan fingerprint density at radius 2 is 2.00 bits per heavy atom. The Bertz CT molecular complexity index is 1010. The molecule has 0 fully saturated rings. The monoisotopic (exact) mass is 417 g/mol. The third-order valence-electron chi connectivity index (χ3n) is 4.04. The number of fused-ring (bicyclic) bond motifs is 1. The Morgan fingerprint density at radius 1 is 1.25 bits per heavy atom. The molecular formula is C18H16ClN5O3S. The number of carbonyl (C=O) groups is 1. The molecule has 0 atom stereocenters. The number of hydrogen-bond donors (Lipinski definition) is 1. The van der Waals surface area contributed by atoms with Crippen molar-refractivity contribution in [2.45, 2.75) is 18.6 Å². The zero-order chi connectivity index (χ0) is 19.5. The third kappa shape index (κ3) is 3.76. The van der Waals surface area contributed by atoms with Crippen molar-refractivity contribution in [1.82, 2.24) is 19.7 Å². The Labute approximate surface area is 170 Å². The topological polar surface area (TPSA) is 91.2 Å². The minimum atomic E-state index is -0.207. The average Bonchev–Trinajstić information content (AvgIpc) is 3.33. The molecule has 3 aromatic rings. The van der Waals surface area contributed by atoms with Gasteiger partial charge in [-0.2, -0.15) is 0 Å². The van der Waals surface area contributed by atoms with E-state index in [0.29, 0.717) is 33.9 Å². The van der Waals surface area contributed by atoms with E-state index in [1.165, 1.54) is 11.8 Å². The maximum Gasteiger partial charge on any atom is 0.234 e. The highest BCUT2D eigenvalue weighted by atomic mass is 35.5. The van der Waals surface area contributed by atoms with Crippen molar-refractivity contribution < 1.29 is 14.3 Å². The predicted octanol–water partition coefficient (Wildman–Crippen LogP) is 3.47. The van der Waals surface area contributed by atoms with Crippen LogP contribution in [0.1, 0.15) is 6.92 Å². The molecule has 1 aromatic carbocycles. The molecule has 3 heterocycles. The molecule has 1 N–H and O–H groups in total. The number of nitrogens with one attached hydrogen (secondary N) is 1. The van der Waals surface area contributed by atoms with E-state index >= 15 is 0 Å². The first kappa shape index (κ1) is 18.6. The van der Waals surface area contributed by atoms with Crippen LogP contribution in [0.15, 0.2) is 41.8 Å². The first-order chi connectivity index (χ1) is 13.7. The number of pyridine rings is 1. The van der Waals surface area contributed by atoms with Crippen molar-refractivity contribution in [3.8, 4) is 22.9 Å². The van der Waals surface area contributed by atoms with Crippen molar-refractivity contribution in [2.24, 2.45) is 0 Å². The van der Waals surface area contributed by atoms with Crippen molar-refractivity contribution in [3.63, 3.8) is 0 Å². The van der Waals surface area contributed by atoms with Crippen LogP contribution in [0.25, 0.3) is 11.4 Å². The normalized spacial score (nSPS) is 12.2. The number of thioether (sulfide) groups is 1. The summed E-state index contributed by atoms with van der Waals surface area (Å²) in [6.07, 6.45) is 3.42. The summed E-state index contributed by atoms with van der Waals surface area (Å²) in [5, 5.41) is 12.3. The summed E-state index contributed by atoms with van der Waals surface area (Å²) in [4.78, 5) is 16.4. The fraction of sp³-hybridized carbons (Fsp3) is 0.222. The largest absolute Gasteiger partial charge is 0.454 e. The third-order valence-corrected chi connectivity index (χ3v) is 5.32. The SMILES string of the molecule is CCn1c(SCC(=O)Nc2cc3c(cc2Cl)OCO3)nnc1-c1ccncc1. The summed E-state index contributed by atoms with van der Waals surface area (Å²) < 4.78 is 12.5. The lowest BCUT2D eigenvalue weighted by atomic mass is 10.2. The van der Waals surface area contributed by atoms with Crippen LogP contribution in [0.3, 0.4) is 0 Å². The lowest BCUT2D eigenvalue weighted by Gasteiger charge is -2.09. The summed E-state index contributed by atoms with van der Waals surface area (Å²) in [6, 6.07) is 7.03. The lowest BCUT2D eigenvalue weighted by molar-refractivity contribution is -0.113. The summed E-state index contributed by atoms with van der Waals surface area (Å²) in [6.45, 7) is 2.83. The maximum atomic E-state index is 12.4. The van der Waals surface area contributed by atoms with Gasteiger partial charge in [0.25, 0.3) is 0 Å². The quantitative estimate of drug-likeness (QED) is 0.614. The van der Waals surface area contributed by atoms with Gasteiger partial charge in [0, 0.05) is 36.6 Å². The molecule has 0 saturated carbocycles. The van der Waals surface area contributed by atoms with Crippen molar-refractivity contribution in [2.75, 3.05) is 17.9 Å². The summed E-state index contributed by atoms with van der Waals surface area (Å²) >= 11 is 7.51. The maximum absolute atomic E-state index is 12.4. The Morgan fingerprint density at radius 3 is 2.75 bits per heavy atom. The van der Waals surface area contributed by atoms with Gasteiger partial charge in [-0.1, -0.05) is 23.4 Å². The molecule has 28 heavy (non-hydrogen) atoms.